The molecule has 0 aromatic carbocycles. The fourth-order valence-corrected chi connectivity index (χ4v) is 2.83. The third kappa shape index (κ3) is 2.92. The molecular formula is C12H24N2O. The van der Waals surface area contributed by atoms with Gasteiger partial charge in [0.1, 0.15) is 0 Å². The quantitative estimate of drug-likeness (QED) is 0.712. The van der Waals surface area contributed by atoms with Crippen LogP contribution in [-0.2, 0) is 0 Å². The molecule has 2 aliphatic heterocycles. The first-order chi connectivity index (χ1) is 6.99. The van der Waals surface area contributed by atoms with Crippen LogP contribution in [0.2, 0.25) is 0 Å². The summed E-state index contributed by atoms with van der Waals surface area (Å²) < 4.78 is 0. The molecule has 2 fully saturated rings. The Balaban J connectivity index is 1.86. The van der Waals surface area contributed by atoms with Crippen molar-refractivity contribution in [2.45, 2.75) is 38.7 Å². The van der Waals surface area contributed by atoms with Crippen LogP contribution >= 0.6 is 0 Å². The van der Waals surface area contributed by atoms with Crippen molar-refractivity contribution in [3.63, 3.8) is 0 Å². The molecule has 15 heavy (non-hydrogen) atoms. The van der Waals surface area contributed by atoms with Crippen molar-refractivity contribution >= 4 is 0 Å². The summed E-state index contributed by atoms with van der Waals surface area (Å²) in [6.07, 6.45) is 3.08. The minimum atomic E-state index is -0.425. The van der Waals surface area contributed by atoms with Crippen molar-refractivity contribution in [3.8, 4) is 0 Å². The smallest absolute Gasteiger partial charge is 0.0798 e. The van der Waals surface area contributed by atoms with E-state index in [1.54, 1.807) is 0 Å². The first kappa shape index (κ1) is 11.4. The summed E-state index contributed by atoms with van der Waals surface area (Å²) in [5, 5.41) is 13.7. The summed E-state index contributed by atoms with van der Waals surface area (Å²) in [6, 6.07) is 0. The highest BCUT2D eigenvalue weighted by atomic mass is 16.3. The molecule has 3 heteroatoms. The normalized spacial score (nSPS) is 30.6. The van der Waals surface area contributed by atoms with E-state index in [0.29, 0.717) is 5.41 Å². The second-order valence-electron chi connectivity index (χ2n) is 6.10. The van der Waals surface area contributed by atoms with Gasteiger partial charge in [-0.25, -0.2) is 0 Å². The zero-order chi connectivity index (χ0) is 10.9. The zero-order valence-electron chi connectivity index (χ0n) is 10.1. The van der Waals surface area contributed by atoms with Gasteiger partial charge in [0.25, 0.3) is 0 Å². The molecule has 0 radical (unpaired) electrons. The number of nitrogens with zero attached hydrogens (tertiary/aromatic N) is 1. The number of nitrogens with one attached hydrogen (secondary N) is 1. The number of aliphatic hydroxyl groups is 1. The van der Waals surface area contributed by atoms with Gasteiger partial charge in [-0.3, -0.25) is 4.90 Å². The average Bonchev–Trinajstić information content (AvgIpc) is 2.45. The van der Waals surface area contributed by atoms with Crippen molar-refractivity contribution in [1.82, 2.24) is 10.2 Å². The topological polar surface area (TPSA) is 35.5 Å². The van der Waals surface area contributed by atoms with Crippen LogP contribution in [0.1, 0.15) is 33.1 Å². The van der Waals surface area contributed by atoms with E-state index in [1.165, 1.54) is 6.42 Å². The summed E-state index contributed by atoms with van der Waals surface area (Å²) in [6.45, 7) is 9.74. The maximum atomic E-state index is 10.4. The fraction of sp³-hybridized carbons (Fsp3) is 1.00. The van der Waals surface area contributed by atoms with E-state index in [2.05, 4.69) is 24.1 Å². The molecule has 0 aromatic rings. The van der Waals surface area contributed by atoms with Gasteiger partial charge >= 0.3 is 0 Å². The van der Waals surface area contributed by atoms with E-state index >= 15 is 0 Å². The Bertz CT molecular complexity index is 222. The van der Waals surface area contributed by atoms with Gasteiger partial charge in [-0.1, -0.05) is 13.8 Å². The van der Waals surface area contributed by atoms with Crippen LogP contribution in [0.25, 0.3) is 0 Å². The molecule has 0 atom stereocenters. The highest BCUT2D eigenvalue weighted by molar-refractivity contribution is 4.91. The highest BCUT2D eigenvalue weighted by Gasteiger charge is 2.36. The van der Waals surface area contributed by atoms with Crippen LogP contribution in [0, 0.1) is 5.41 Å². The number of hydrogen-bond acceptors (Lipinski definition) is 3. The van der Waals surface area contributed by atoms with Gasteiger partial charge in [0.2, 0.25) is 0 Å². The van der Waals surface area contributed by atoms with E-state index in [1.807, 2.05) is 0 Å². The number of β-amino-alcohol motifs (C(OH)–C–C–N with tert-alkyl or cyclic N) is 1. The third-order valence-corrected chi connectivity index (χ3v) is 3.81. The Morgan fingerprint density at radius 1 is 1.20 bits per heavy atom. The second kappa shape index (κ2) is 4.04. The molecular weight excluding hydrogens is 188 g/mol. The molecule has 3 nitrogen and oxygen atoms in total. The Labute approximate surface area is 92.8 Å². The first-order valence-corrected chi connectivity index (χ1v) is 6.15. The number of hydrogen-bond donors (Lipinski definition) is 2. The second-order valence-corrected chi connectivity index (χ2v) is 6.10. The lowest BCUT2D eigenvalue weighted by Gasteiger charge is -2.36. The summed E-state index contributed by atoms with van der Waals surface area (Å²) >= 11 is 0. The summed E-state index contributed by atoms with van der Waals surface area (Å²) in [5.41, 5.74) is 0.0228. The van der Waals surface area contributed by atoms with Crippen LogP contribution in [0.3, 0.4) is 0 Å². The van der Waals surface area contributed by atoms with Gasteiger partial charge in [-0.2, -0.15) is 0 Å². The van der Waals surface area contributed by atoms with E-state index in [4.69, 9.17) is 0 Å². The highest BCUT2D eigenvalue weighted by Crippen LogP contribution is 2.31. The summed E-state index contributed by atoms with van der Waals surface area (Å²) in [4.78, 5) is 2.44. The van der Waals surface area contributed by atoms with E-state index in [9.17, 15) is 5.11 Å². The lowest BCUT2D eigenvalue weighted by Crippen LogP contribution is -2.49. The minimum Gasteiger partial charge on any atom is -0.388 e. The van der Waals surface area contributed by atoms with Crippen molar-refractivity contribution in [2.24, 2.45) is 5.41 Å². The van der Waals surface area contributed by atoms with Crippen LogP contribution in [0.5, 0.6) is 0 Å². The van der Waals surface area contributed by atoms with Crippen LogP contribution < -0.4 is 5.32 Å². The molecule has 0 amide bonds. The van der Waals surface area contributed by atoms with Crippen LogP contribution in [0.4, 0.5) is 0 Å². The van der Waals surface area contributed by atoms with Gasteiger partial charge in [-0.15, -0.1) is 0 Å². The number of likely N-dealkylation sites (tertiary alicyclic amines) is 1. The molecule has 2 saturated heterocycles. The molecule has 2 rings (SSSR count). The Morgan fingerprint density at radius 3 is 2.40 bits per heavy atom. The van der Waals surface area contributed by atoms with Crippen molar-refractivity contribution in [1.29, 1.82) is 0 Å². The third-order valence-electron chi connectivity index (χ3n) is 3.81. The van der Waals surface area contributed by atoms with E-state index < -0.39 is 5.60 Å². The maximum Gasteiger partial charge on any atom is 0.0798 e. The molecule has 0 aromatic heterocycles. The van der Waals surface area contributed by atoms with E-state index in [-0.39, 0.29) is 0 Å². The molecule has 0 saturated carbocycles. The Kier molecular flexibility index (Phi) is 3.06. The lowest BCUT2D eigenvalue weighted by molar-refractivity contribution is -0.0174. The first-order valence-electron chi connectivity index (χ1n) is 6.15. The van der Waals surface area contributed by atoms with Gasteiger partial charge < -0.3 is 10.4 Å². The minimum absolute atomic E-state index is 0.425. The standard InChI is InChI=1S/C12H24N2O/c1-11(2)5-8-14(9-11)10-12(15)3-6-13-7-4-12/h13,15H,3-10H2,1-2H3. The van der Waals surface area contributed by atoms with Crippen molar-refractivity contribution in [2.75, 3.05) is 32.7 Å². The average molecular weight is 212 g/mol. The van der Waals surface area contributed by atoms with E-state index in [0.717, 1.165) is 45.6 Å². The number of rotatable bonds is 2. The monoisotopic (exact) mass is 212 g/mol. The van der Waals surface area contributed by atoms with Crippen LogP contribution in [-0.4, -0.2) is 48.3 Å². The summed E-state index contributed by atoms with van der Waals surface area (Å²) in [5.74, 6) is 0. The molecule has 2 N–H and O–H groups in total. The Morgan fingerprint density at radius 2 is 1.87 bits per heavy atom. The van der Waals surface area contributed by atoms with Gasteiger partial charge in [0.05, 0.1) is 5.60 Å². The van der Waals surface area contributed by atoms with Crippen LogP contribution in [0.15, 0.2) is 0 Å². The summed E-state index contributed by atoms with van der Waals surface area (Å²) in [7, 11) is 0. The predicted molar refractivity (Wildman–Crippen MR) is 61.9 cm³/mol. The fourth-order valence-electron chi connectivity index (χ4n) is 2.83. The molecule has 0 bridgehead atoms. The zero-order valence-corrected chi connectivity index (χ0v) is 10.1. The predicted octanol–water partition coefficient (Wildman–Crippen LogP) is 0.833. The van der Waals surface area contributed by atoms with Crippen molar-refractivity contribution in [3.05, 3.63) is 0 Å². The largest absolute Gasteiger partial charge is 0.388 e. The molecule has 0 unspecified atom stereocenters. The molecule has 2 heterocycles. The molecule has 2 aliphatic rings. The lowest BCUT2D eigenvalue weighted by atomic mass is 9.91. The van der Waals surface area contributed by atoms with Gasteiger partial charge in [0.15, 0.2) is 0 Å². The van der Waals surface area contributed by atoms with Crippen molar-refractivity contribution < 1.29 is 5.11 Å². The Hall–Kier alpha value is -0.120. The SMILES string of the molecule is CC1(C)CCN(CC2(O)CCNCC2)C1. The number of piperidine rings is 1. The molecule has 88 valence electrons. The maximum absolute atomic E-state index is 10.4. The molecule has 0 aliphatic carbocycles. The van der Waals surface area contributed by atoms with Gasteiger partial charge in [-0.05, 0) is 44.3 Å². The molecule has 0 spiro atoms. The van der Waals surface area contributed by atoms with Gasteiger partial charge in [0, 0.05) is 13.1 Å².